The Morgan fingerprint density at radius 2 is 1.96 bits per heavy atom. The Hall–Kier alpha value is -1.60. The average Bonchev–Trinajstić information content (AvgIpc) is 2.57. The predicted molar refractivity (Wildman–Crippen MR) is 90.3 cm³/mol. The fourth-order valence-corrected chi connectivity index (χ4v) is 4.38. The summed E-state index contributed by atoms with van der Waals surface area (Å²) in [6.07, 6.45) is 5.04. The maximum atomic E-state index is 12.3. The molecule has 0 bridgehead atoms. The number of aliphatic imine (C=N–C) groups is 1. The number of benzene rings is 1. The number of nitrogens with one attached hydrogen (secondary N) is 2. The summed E-state index contributed by atoms with van der Waals surface area (Å²) >= 11 is 0. The third-order valence-corrected chi connectivity index (χ3v) is 6.03. The van der Waals surface area contributed by atoms with E-state index in [1.165, 1.54) is 25.7 Å². The maximum absolute atomic E-state index is 12.3. The first-order valence-electron chi connectivity index (χ1n) is 8.16. The Morgan fingerprint density at radius 1 is 1.22 bits per heavy atom. The van der Waals surface area contributed by atoms with Crippen molar-refractivity contribution < 1.29 is 8.42 Å². The second kappa shape index (κ2) is 6.88. The third kappa shape index (κ3) is 3.84. The normalized spacial score (nSPS) is 26.2. The van der Waals surface area contributed by atoms with Crippen LogP contribution in [0.1, 0.15) is 32.6 Å². The molecule has 1 heterocycles. The van der Waals surface area contributed by atoms with Gasteiger partial charge in [0.05, 0.1) is 18.2 Å². The summed E-state index contributed by atoms with van der Waals surface area (Å²) in [5.41, 5.74) is 0. The lowest BCUT2D eigenvalue weighted by Gasteiger charge is -2.39. The topological polar surface area (TPSA) is 73.8 Å². The molecular formula is C16H24N4O2S. The molecule has 2 atom stereocenters. The monoisotopic (exact) mass is 336 g/mol. The Bertz CT molecular complexity index is 660. The maximum Gasteiger partial charge on any atom is 0.264 e. The summed E-state index contributed by atoms with van der Waals surface area (Å²) < 4.78 is 27.1. The highest BCUT2D eigenvalue weighted by atomic mass is 32.2. The lowest BCUT2D eigenvalue weighted by atomic mass is 9.85. The second-order valence-corrected chi connectivity index (χ2v) is 8.00. The van der Waals surface area contributed by atoms with Crippen molar-refractivity contribution in [3.8, 4) is 0 Å². The minimum Gasteiger partial charge on any atom is -0.343 e. The Morgan fingerprint density at radius 3 is 2.61 bits per heavy atom. The van der Waals surface area contributed by atoms with Crippen molar-refractivity contribution in [2.75, 3.05) is 13.3 Å². The van der Waals surface area contributed by atoms with Gasteiger partial charge in [-0.25, -0.2) is 18.1 Å². The van der Waals surface area contributed by atoms with Crippen molar-refractivity contribution in [2.24, 2.45) is 10.9 Å². The van der Waals surface area contributed by atoms with Crippen molar-refractivity contribution in [3.05, 3.63) is 30.3 Å². The second-order valence-electron chi connectivity index (χ2n) is 6.32. The fourth-order valence-electron chi connectivity index (χ4n) is 3.36. The molecule has 0 aromatic heterocycles. The molecule has 6 nitrogen and oxygen atoms in total. The molecule has 1 aromatic rings. The number of hydrogen-bond donors (Lipinski definition) is 2. The van der Waals surface area contributed by atoms with Gasteiger partial charge in [0.1, 0.15) is 0 Å². The molecule has 0 saturated heterocycles. The SMILES string of the molecule is C[C@H]1CCCC[C@H]1N1CN=C(NS(=O)(=O)c2ccccc2)NC1. The minimum atomic E-state index is -3.57. The van der Waals surface area contributed by atoms with E-state index in [1.807, 2.05) is 0 Å². The molecular weight excluding hydrogens is 312 g/mol. The molecule has 1 fully saturated rings. The van der Waals surface area contributed by atoms with E-state index in [0.717, 1.165) is 0 Å². The van der Waals surface area contributed by atoms with E-state index in [-0.39, 0.29) is 4.90 Å². The molecule has 0 radical (unpaired) electrons. The van der Waals surface area contributed by atoms with Gasteiger partial charge in [-0.2, -0.15) is 0 Å². The zero-order valence-electron chi connectivity index (χ0n) is 13.4. The predicted octanol–water partition coefficient (Wildman–Crippen LogP) is 1.72. The highest BCUT2D eigenvalue weighted by Crippen LogP contribution is 2.28. The lowest BCUT2D eigenvalue weighted by Crippen LogP contribution is -2.54. The Labute approximate surface area is 138 Å². The van der Waals surface area contributed by atoms with Crippen molar-refractivity contribution in [1.29, 1.82) is 0 Å². The summed E-state index contributed by atoms with van der Waals surface area (Å²) in [6.45, 7) is 3.46. The number of nitrogens with zero attached hydrogens (tertiary/aromatic N) is 2. The van der Waals surface area contributed by atoms with E-state index in [4.69, 9.17) is 0 Å². The summed E-state index contributed by atoms with van der Waals surface area (Å²) in [6, 6.07) is 8.88. The van der Waals surface area contributed by atoms with E-state index in [0.29, 0.717) is 31.3 Å². The zero-order chi connectivity index (χ0) is 16.3. The fraction of sp³-hybridized carbons (Fsp3) is 0.562. The van der Waals surface area contributed by atoms with Crippen LogP contribution < -0.4 is 10.0 Å². The Balaban J connectivity index is 1.63. The summed E-state index contributed by atoms with van der Waals surface area (Å²) in [7, 11) is -3.57. The first kappa shape index (κ1) is 16.3. The van der Waals surface area contributed by atoms with Gasteiger partial charge in [0.25, 0.3) is 10.0 Å². The summed E-state index contributed by atoms with van der Waals surface area (Å²) in [5, 5.41) is 3.10. The van der Waals surface area contributed by atoms with E-state index >= 15 is 0 Å². The zero-order valence-corrected chi connectivity index (χ0v) is 14.2. The molecule has 3 rings (SSSR count). The van der Waals surface area contributed by atoms with Gasteiger partial charge in [0.15, 0.2) is 0 Å². The van der Waals surface area contributed by atoms with Crippen molar-refractivity contribution in [3.63, 3.8) is 0 Å². The molecule has 1 aliphatic carbocycles. The van der Waals surface area contributed by atoms with Crippen LogP contribution >= 0.6 is 0 Å². The van der Waals surface area contributed by atoms with Crippen LogP contribution in [0.5, 0.6) is 0 Å². The lowest BCUT2D eigenvalue weighted by molar-refractivity contribution is 0.106. The van der Waals surface area contributed by atoms with Gasteiger partial charge < -0.3 is 5.32 Å². The van der Waals surface area contributed by atoms with Gasteiger partial charge in [-0.15, -0.1) is 0 Å². The first-order chi connectivity index (χ1) is 11.1. The standard InChI is InChI=1S/C16H24N4O2S/c1-13-7-5-6-10-15(13)20-11-17-16(18-12-20)19-23(21,22)14-8-3-2-4-9-14/h2-4,8-9,13,15H,5-7,10-12H2,1H3,(H2,17,18,19)/t13-,15+/m0/s1. The highest BCUT2D eigenvalue weighted by molar-refractivity contribution is 7.90. The molecule has 0 unspecified atom stereocenters. The van der Waals surface area contributed by atoms with Crippen molar-refractivity contribution in [2.45, 2.75) is 43.5 Å². The molecule has 1 aromatic carbocycles. The average molecular weight is 336 g/mol. The van der Waals surface area contributed by atoms with Gasteiger partial charge in [0.2, 0.25) is 5.96 Å². The number of guanidine groups is 1. The minimum absolute atomic E-state index is 0.243. The van der Waals surface area contributed by atoms with Gasteiger partial charge in [-0.05, 0) is 30.9 Å². The molecule has 1 saturated carbocycles. The van der Waals surface area contributed by atoms with Crippen LogP contribution in [0, 0.1) is 5.92 Å². The number of sulfonamides is 1. The van der Waals surface area contributed by atoms with Crippen molar-refractivity contribution >= 4 is 16.0 Å². The number of hydrogen-bond acceptors (Lipinski definition) is 5. The molecule has 2 aliphatic rings. The van der Waals surface area contributed by atoms with E-state index in [1.54, 1.807) is 30.3 Å². The van der Waals surface area contributed by atoms with Crippen LogP contribution in [0.3, 0.4) is 0 Å². The molecule has 0 amide bonds. The largest absolute Gasteiger partial charge is 0.343 e. The van der Waals surface area contributed by atoms with Gasteiger partial charge in [0, 0.05) is 6.04 Å². The molecule has 0 spiro atoms. The van der Waals surface area contributed by atoms with Crippen LogP contribution in [0.15, 0.2) is 40.2 Å². The van der Waals surface area contributed by atoms with Gasteiger partial charge >= 0.3 is 0 Å². The quantitative estimate of drug-likeness (QED) is 0.881. The van der Waals surface area contributed by atoms with Crippen LogP contribution in [0.4, 0.5) is 0 Å². The molecule has 126 valence electrons. The molecule has 7 heteroatoms. The van der Waals surface area contributed by atoms with Crippen LogP contribution in [-0.2, 0) is 10.0 Å². The van der Waals surface area contributed by atoms with Gasteiger partial charge in [-0.1, -0.05) is 38.0 Å². The Kier molecular flexibility index (Phi) is 4.87. The van der Waals surface area contributed by atoms with E-state index in [9.17, 15) is 8.42 Å². The van der Waals surface area contributed by atoms with Crippen molar-refractivity contribution in [1.82, 2.24) is 14.9 Å². The van der Waals surface area contributed by atoms with Crippen LogP contribution in [0.2, 0.25) is 0 Å². The molecule has 23 heavy (non-hydrogen) atoms. The smallest absolute Gasteiger partial charge is 0.264 e. The third-order valence-electron chi connectivity index (χ3n) is 4.68. The molecule has 2 N–H and O–H groups in total. The van der Waals surface area contributed by atoms with Crippen LogP contribution in [0.25, 0.3) is 0 Å². The van der Waals surface area contributed by atoms with E-state index in [2.05, 4.69) is 26.9 Å². The highest BCUT2D eigenvalue weighted by Gasteiger charge is 2.29. The van der Waals surface area contributed by atoms with Crippen LogP contribution in [-0.4, -0.2) is 38.7 Å². The van der Waals surface area contributed by atoms with Gasteiger partial charge in [-0.3, -0.25) is 4.90 Å². The number of rotatable bonds is 3. The first-order valence-corrected chi connectivity index (χ1v) is 9.65. The summed E-state index contributed by atoms with van der Waals surface area (Å²) in [4.78, 5) is 6.91. The molecule has 1 aliphatic heterocycles. The van der Waals surface area contributed by atoms with E-state index < -0.39 is 10.0 Å². The summed E-state index contributed by atoms with van der Waals surface area (Å²) in [5.74, 6) is 0.997.